The summed E-state index contributed by atoms with van der Waals surface area (Å²) in [6.07, 6.45) is 1.47. The minimum atomic E-state index is -0.296. The molecule has 0 spiro atoms. The van der Waals surface area contributed by atoms with Crippen molar-refractivity contribution in [3.63, 3.8) is 0 Å². The van der Waals surface area contributed by atoms with E-state index in [9.17, 15) is 5.11 Å². The molecule has 0 aromatic heterocycles. The smallest absolute Gasteiger partial charge is 0.118 e. The number of hydrogen-bond acceptors (Lipinski definition) is 4. The van der Waals surface area contributed by atoms with Gasteiger partial charge in [-0.25, -0.2) is 0 Å². The van der Waals surface area contributed by atoms with Crippen molar-refractivity contribution in [3.8, 4) is 11.5 Å². The standard InChI is InChI=1S/C22H29NO3/c1-23-14-18(12-16-4-8-20(25-2)9-5-16)22(24)19(15-23)13-17-6-10-21(26-3)11-7-17/h4-11,18-19,22,24H,12-15H2,1-3H3. The van der Waals surface area contributed by atoms with Crippen LogP contribution in [0.1, 0.15) is 11.1 Å². The van der Waals surface area contributed by atoms with Crippen LogP contribution in [0.2, 0.25) is 0 Å². The van der Waals surface area contributed by atoms with E-state index in [1.807, 2.05) is 24.3 Å². The van der Waals surface area contributed by atoms with Gasteiger partial charge in [-0.2, -0.15) is 0 Å². The predicted octanol–water partition coefficient (Wildman–Crippen LogP) is 3.03. The minimum absolute atomic E-state index is 0.241. The number of hydrogen-bond donors (Lipinski definition) is 1. The molecule has 2 unspecified atom stereocenters. The molecular weight excluding hydrogens is 326 g/mol. The second kappa shape index (κ2) is 8.56. The van der Waals surface area contributed by atoms with Gasteiger partial charge in [0.15, 0.2) is 0 Å². The van der Waals surface area contributed by atoms with Crippen molar-refractivity contribution in [3.05, 3.63) is 59.7 Å². The number of likely N-dealkylation sites (tertiary alicyclic amines) is 1. The van der Waals surface area contributed by atoms with Gasteiger partial charge < -0.3 is 19.5 Å². The summed E-state index contributed by atoms with van der Waals surface area (Å²) in [5.41, 5.74) is 2.49. The molecule has 4 heteroatoms. The van der Waals surface area contributed by atoms with E-state index in [2.05, 4.69) is 36.2 Å². The van der Waals surface area contributed by atoms with Crippen LogP contribution < -0.4 is 9.47 Å². The molecule has 1 heterocycles. The molecule has 1 aliphatic rings. The Kier molecular flexibility index (Phi) is 6.17. The van der Waals surface area contributed by atoms with Gasteiger partial charge in [-0.05, 0) is 55.3 Å². The van der Waals surface area contributed by atoms with Crippen LogP contribution in [0.5, 0.6) is 11.5 Å². The lowest BCUT2D eigenvalue weighted by Crippen LogP contribution is -2.49. The molecule has 0 amide bonds. The van der Waals surface area contributed by atoms with E-state index >= 15 is 0 Å². The average molecular weight is 355 g/mol. The van der Waals surface area contributed by atoms with Gasteiger partial charge in [-0.3, -0.25) is 0 Å². The molecule has 2 aromatic carbocycles. The highest BCUT2D eigenvalue weighted by Crippen LogP contribution is 2.28. The van der Waals surface area contributed by atoms with Crippen LogP contribution in [0.15, 0.2) is 48.5 Å². The first-order valence-electron chi connectivity index (χ1n) is 9.21. The number of piperidine rings is 1. The monoisotopic (exact) mass is 355 g/mol. The normalized spacial score (nSPS) is 23.6. The molecule has 1 fully saturated rings. The van der Waals surface area contributed by atoms with Crippen LogP contribution in [-0.2, 0) is 12.8 Å². The van der Waals surface area contributed by atoms with Crippen LogP contribution >= 0.6 is 0 Å². The number of rotatable bonds is 6. The minimum Gasteiger partial charge on any atom is -0.497 e. The summed E-state index contributed by atoms with van der Waals surface area (Å²) < 4.78 is 10.5. The fourth-order valence-electron chi connectivity index (χ4n) is 3.98. The Morgan fingerprint density at radius 2 is 1.19 bits per heavy atom. The van der Waals surface area contributed by atoms with Crippen LogP contribution in [0, 0.1) is 11.8 Å². The zero-order valence-corrected chi connectivity index (χ0v) is 15.9. The fourth-order valence-corrected chi connectivity index (χ4v) is 3.98. The quantitative estimate of drug-likeness (QED) is 0.865. The highest BCUT2D eigenvalue weighted by atomic mass is 16.5. The number of benzene rings is 2. The summed E-state index contributed by atoms with van der Waals surface area (Å²) in [7, 11) is 5.51. The van der Waals surface area contributed by atoms with Crippen molar-refractivity contribution >= 4 is 0 Å². The molecule has 0 bridgehead atoms. The van der Waals surface area contributed by atoms with Gasteiger partial charge in [-0.1, -0.05) is 24.3 Å². The predicted molar refractivity (Wildman–Crippen MR) is 104 cm³/mol. The van der Waals surface area contributed by atoms with E-state index in [4.69, 9.17) is 9.47 Å². The third-order valence-electron chi connectivity index (χ3n) is 5.37. The van der Waals surface area contributed by atoms with Gasteiger partial charge in [0.05, 0.1) is 20.3 Å². The third-order valence-corrected chi connectivity index (χ3v) is 5.37. The second-order valence-electron chi connectivity index (χ2n) is 7.34. The van der Waals surface area contributed by atoms with E-state index in [-0.39, 0.29) is 17.9 Å². The first-order valence-corrected chi connectivity index (χ1v) is 9.21. The molecule has 0 radical (unpaired) electrons. The average Bonchev–Trinajstić information content (AvgIpc) is 2.66. The molecule has 2 atom stereocenters. The molecule has 140 valence electrons. The summed E-state index contributed by atoms with van der Waals surface area (Å²) in [4.78, 5) is 2.34. The van der Waals surface area contributed by atoms with Gasteiger partial charge in [0.2, 0.25) is 0 Å². The molecule has 0 aliphatic carbocycles. The Bertz CT molecular complexity index is 624. The zero-order chi connectivity index (χ0) is 18.5. The summed E-state index contributed by atoms with van der Waals surface area (Å²) in [5.74, 6) is 2.22. The first-order chi connectivity index (χ1) is 12.6. The lowest BCUT2D eigenvalue weighted by molar-refractivity contribution is -0.0134. The zero-order valence-electron chi connectivity index (χ0n) is 15.9. The van der Waals surface area contributed by atoms with Crippen molar-refractivity contribution in [2.24, 2.45) is 11.8 Å². The summed E-state index contributed by atoms with van der Waals surface area (Å²) in [6, 6.07) is 16.3. The largest absolute Gasteiger partial charge is 0.497 e. The number of nitrogens with zero attached hydrogens (tertiary/aromatic N) is 1. The Morgan fingerprint density at radius 3 is 1.54 bits per heavy atom. The van der Waals surface area contributed by atoms with Gasteiger partial charge in [0, 0.05) is 24.9 Å². The maximum Gasteiger partial charge on any atom is 0.118 e. The Morgan fingerprint density at radius 1 is 0.808 bits per heavy atom. The summed E-state index contributed by atoms with van der Waals surface area (Å²) in [5, 5.41) is 11.0. The number of ether oxygens (including phenoxy) is 2. The van der Waals surface area contributed by atoms with Gasteiger partial charge in [-0.15, -0.1) is 0 Å². The summed E-state index contributed by atoms with van der Waals surface area (Å²) in [6.45, 7) is 1.85. The topological polar surface area (TPSA) is 41.9 Å². The van der Waals surface area contributed by atoms with Gasteiger partial charge in [0.1, 0.15) is 11.5 Å². The van der Waals surface area contributed by atoms with Crippen molar-refractivity contribution in [1.82, 2.24) is 4.90 Å². The van der Waals surface area contributed by atoms with E-state index in [0.29, 0.717) is 0 Å². The van der Waals surface area contributed by atoms with Crippen LogP contribution in [0.4, 0.5) is 0 Å². The Hall–Kier alpha value is -2.04. The Labute approximate surface area is 156 Å². The van der Waals surface area contributed by atoms with Gasteiger partial charge in [0.25, 0.3) is 0 Å². The molecule has 0 saturated carbocycles. The molecule has 2 aromatic rings. The fraction of sp³-hybridized carbons (Fsp3) is 0.455. The maximum absolute atomic E-state index is 11.0. The molecule has 3 rings (SSSR count). The highest BCUT2D eigenvalue weighted by Gasteiger charge is 2.34. The number of methoxy groups -OCH3 is 2. The maximum atomic E-state index is 11.0. The van der Waals surface area contributed by atoms with Crippen molar-refractivity contribution in [1.29, 1.82) is 0 Å². The van der Waals surface area contributed by atoms with E-state index < -0.39 is 0 Å². The third kappa shape index (κ3) is 4.57. The van der Waals surface area contributed by atoms with E-state index in [0.717, 1.165) is 37.4 Å². The molecule has 1 N–H and O–H groups in total. The van der Waals surface area contributed by atoms with Gasteiger partial charge >= 0.3 is 0 Å². The molecular formula is C22H29NO3. The van der Waals surface area contributed by atoms with Crippen molar-refractivity contribution < 1.29 is 14.6 Å². The second-order valence-corrected chi connectivity index (χ2v) is 7.34. The SMILES string of the molecule is COc1ccc(CC2CN(C)CC(Cc3ccc(OC)cc3)C2O)cc1. The lowest BCUT2D eigenvalue weighted by atomic mass is 9.80. The Balaban J connectivity index is 1.67. The van der Waals surface area contributed by atoms with E-state index in [1.165, 1.54) is 11.1 Å². The number of aliphatic hydroxyl groups excluding tert-OH is 1. The molecule has 26 heavy (non-hydrogen) atoms. The van der Waals surface area contributed by atoms with E-state index in [1.54, 1.807) is 14.2 Å². The highest BCUT2D eigenvalue weighted by molar-refractivity contribution is 5.29. The first kappa shape index (κ1) is 18.7. The molecule has 1 aliphatic heterocycles. The van der Waals surface area contributed by atoms with Crippen LogP contribution in [0.25, 0.3) is 0 Å². The lowest BCUT2D eigenvalue weighted by Gasteiger charge is -2.40. The molecule has 4 nitrogen and oxygen atoms in total. The van der Waals surface area contributed by atoms with Crippen LogP contribution in [0.3, 0.4) is 0 Å². The summed E-state index contributed by atoms with van der Waals surface area (Å²) >= 11 is 0. The van der Waals surface area contributed by atoms with Crippen molar-refractivity contribution in [2.45, 2.75) is 18.9 Å². The van der Waals surface area contributed by atoms with Crippen LogP contribution in [-0.4, -0.2) is 50.5 Å². The molecule has 1 saturated heterocycles. The van der Waals surface area contributed by atoms with Crippen molar-refractivity contribution in [2.75, 3.05) is 34.4 Å². The number of aliphatic hydroxyl groups is 1.